The van der Waals surface area contributed by atoms with Crippen molar-refractivity contribution in [3.63, 3.8) is 0 Å². The topological polar surface area (TPSA) is 93.1 Å². The summed E-state index contributed by atoms with van der Waals surface area (Å²) in [6.45, 7) is 5.88. The Morgan fingerprint density at radius 1 is 1.17 bits per heavy atom. The third-order valence-electron chi connectivity index (χ3n) is 4.23. The van der Waals surface area contributed by atoms with E-state index in [-0.39, 0.29) is 12.5 Å². The van der Waals surface area contributed by atoms with Gasteiger partial charge in [0.25, 0.3) is 0 Å². The lowest BCUT2D eigenvalue weighted by molar-refractivity contribution is -0.179. The third-order valence-corrected chi connectivity index (χ3v) is 4.23. The number of carboxylic acids is 1. The number of ether oxygens (including phenoxy) is 2. The molecule has 23 heavy (non-hydrogen) atoms. The van der Waals surface area contributed by atoms with Crippen LogP contribution in [-0.2, 0) is 19.1 Å². The van der Waals surface area contributed by atoms with E-state index < -0.39 is 28.5 Å². The number of aliphatic carboxylic acids is 1. The van der Waals surface area contributed by atoms with Crippen molar-refractivity contribution in [2.24, 2.45) is 10.8 Å². The van der Waals surface area contributed by atoms with Crippen molar-refractivity contribution in [2.75, 3.05) is 20.2 Å². The summed E-state index contributed by atoms with van der Waals surface area (Å²) in [6.07, 6.45) is 3.11. The zero-order chi connectivity index (χ0) is 17.5. The van der Waals surface area contributed by atoms with Crippen LogP contribution >= 0.6 is 0 Å². The van der Waals surface area contributed by atoms with Gasteiger partial charge in [-0.3, -0.25) is 4.79 Å². The van der Waals surface area contributed by atoms with Crippen molar-refractivity contribution in [3.8, 4) is 0 Å². The molecule has 2 saturated heterocycles. The molecule has 0 aromatic rings. The molecule has 128 valence electrons. The number of hydrogen-bond donors (Lipinski definition) is 1. The van der Waals surface area contributed by atoms with Crippen LogP contribution in [0.4, 0.5) is 4.79 Å². The Kier molecular flexibility index (Phi) is 4.17. The molecule has 0 aromatic heterocycles. The highest BCUT2D eigenvalue weighted by Crippen LogP contribution is 2.60. The first-order valence-electron chi connectivity index (χ1n) is 7.49. The van der Waals surface area contributed by atoms with Gasteiger partial charge in [0.1, 0.15) is 5.60 Å². The van der Waals surface area contributed by atoms with Crippen LogP contribution in [0.15, 0.2) is 12.2 Å². The zero-order valence-corrected chi connectivity index (χ0v) is 13.9. The number of fused-ring (bicyclic) bond motifs is 2. The van der Waals surface area contributed by atoms with E-state index in [2.05, 4.69) is 0 Å². The summed E-state index contributed by atoms with van der Waals surface area (Å²) in [4.78, 5) is 36.7. The smallest absolute Gasteiger partial charge is 0.410 e. The van der Waals surface area contributed by atoms with E-state index in [1.54, 1.807) is 26.8 Å². The second kappa shape index (κ2) is 5.54. The number of carbonyl (C=O) groups excluding carboxylic acids is 2. The normalized spacial score (nSPS) is 29.8. The maximum absolute atomic E-state index is 12.3. The SMILES string of the molecule is COC(=O)C12CN(C(=O)OC(C)(C)C)CC(/C=C/C(=O)O)(C1)C2. The second-order valence-corrected chi connectivity index (χ2v) is 7.50. The van der Waals surface area contributed by atoms with Crippen LogP contribution < -0.4 is 0 Å². The van der Waals surface area contributed by atoms with Crippen LogP contribution in [0.5, 0.6) is 0 Å². The Morgan fingerprint density at radius 2 is 1.78 bits per heavy atom. The Balaban J connectivity index is 2.21. The number of esters is 1. The Bertz CT molecular complexity index is 553. The molecule has 3 fully saturated rings. The van der Waals surface area contributed by atoms with Gasteiger partial charge in [-0.15, -0.1) is 0 Å². The van der Waals surface area contributed by atoms with Crippen molar-refractivity contribution in [2.45, 2.75) is 39.2 Å². The number of carboxylic acid groups (broad SMARTS) is 1. The van der Waals surface area contributed by atoms with E-state index in [0.717, 1.165) is 6.08 Å². The molecule has 7 nitrogen and oxygen atoms in total. The molecule has 1 N–H and O–H groups in total. The minimum absolute atomic E-state index is 0.233. The number of amides is 1. The highest BCUT2D eigenvalue weighted by molar-refractivity contribution is 5.82. The fourth-order valence-electron chi connectivity index (χ4n) is 3.62. The molecule has 1 aliphatic carbocycles. The summed E-state index contributed by atoms with van der Waals surface area (Å²) < 4.78 is 10.2. The quantitative estimate of drug-likeness (QED) is 0.628. The molecule has 1 saturated carbocycles. The number of piperidine rings is 2. The first-order valence-corrected chi connectivity index (χ1v) is 7.49. The Morgan fingerprint density at radius 3 is 2.26 bits per heavy atom. The summed E-state index contributed by atoms with van der Waals surface area (Å²) >= 11 is 0. The molecular weight excluding hydrogens is 302 g/mol. The van der Waals surface area contributed by atoms with Gasteiger partial charge >= 0.3 is 18.0 Å². The fourth-order valence-corrected chi connectivity index (χ4v) is 3.62. The molecular formula is C16H23NO6. The van der Waals surface area contributed by atoms with Crippen LogP contribution in [0.1, 0.15) is 33.6 Å². The molecule has 0 spiro atoms. The lowest BCUT2D eigenvalue weighted by Crippen LogP contribution is -2.66. The number of hydrogen-bond acceptors (Lipinski definition) is 5. The van der Waals surface area contributed by atoms with E-state index in [1.807, 2.05) is 0 Å². The van der Waals surface area contributed by atoms with Gasteiger partial charge in [0.05, 0.1) is 12.5 Å². The molecule has 0 unspecified atom stereocenters. The average molecular weight is 325 g/mol. The highest BCUT2D eigenvalue weighted by atomic mass is 16.6. The van der Waals surface area contributed by atoms with Gasteiger partial charge < -0.3 is 19.5 Å². The number of nitrogens with zero attached hydrogens (tertiary/aromatic N) is 1. The summed E-state index contributed by atoms with van der Waals surface area (Å²) in [7, 11) is 1.32. The van der Waals surface area contributed by atoms with E-state index in [0.29, 0.717) is 19.4 Å². The van der Waals surface area contributed by atoms with Gasteiger partial charge in [-0.25, -0.2) is 9.59 Å². The Labute approximate surface area is 135 Å². The van der Waals surface area contributed by atoms with Crippen molar-refractivity contribution >= 4 is 18.0 Å². The van der Waals surface area contributed by atoms with Gasteiger partial charge in [0.2, 0.25) is 0 Å². The molecule has 0 radical (unpaired) electrons. The number of methoxy groups -OCH3 is 1. The van der Waals surface area contributed by atoms with E-state index >= 15 is 0 Å². The molecule has 1 amide bonds. The van der Waals surface area contributed by atoms with Crippen LogP contribution in [0, 0.1) is 10.8 Å². The van der Waals surface area contributed by atoms with Gasteiger partial charge in [0, 0.05) is 24.6 Å². The van der Waals surface area contributed by atoms with Gasteiger partial charge in [-0.1, -0.05) is 6.08 Å². The molecule has 2 heterocycles. The van der Waals surface area contributed by atoms with Crippen molar-refractivity contribution in [3.05, 3.63) is 12.2 Å². The third kappa shape index (κ3) is 3.48. The molecule has 2 aliphatic heterocycles. The maximum atomic E-state index is 12.3. The zero-order valence-electron chi connectivity index (χ0n) is 13.9. The number of rotatable bonds is 3. The lowest BCUT2D eigenvalue weighted by Gasteiger charge is -2.60. The first kappa shape index (κ1) is 17.3. The molecule has 0 atom stereocenters. The van der Waals surface area contributed by atoms with Gasteiger partial charge in [-0.2, -0.15) is 0 Å². The predicted molar refractivity (Wildman–Crippen MR) is 80.7 cm³/mol. The largest absolute Gasteiger partial charge is 0.478 e. The summed E-state index contributed by atoms with van der Waals surface area (Å²) in [5, 5.41) is 8.84. The van der Waals surface area contributed by atoms with Crippen LogP contribution in [0.3, 0.4) is 0 Å². The second-order valence-electron chi connectivity index (χ2n) is 7.50. The fraction of sp³-hybridized carbons (Fsp3) is 0.688. The average Bonchev–Trinajstić information content (AvgIpc) is 2.41. The predicted octanol–water partition coefficient (Wildman–Crippen LogP) is 1.82. The van der Waals surface area contributed by atoms with Gasteiger partial charge in [-0.05, 0) is 33.6 Å². The van der Waals surface area contributed by atoms with E-state index in [4.69, 9.17) is 14.6 Å². The van der Waals surface area contributed by atoms with Crippen LogP contribution in [0.25, 0.3) is 0 Å². The van der Waals surface area contributed by atoms with E-state index in [9.17, 15) is 14.4 Å². The minimum Gasteiger partial charge on any atom is -0.478 e. The molecule has 2 bridgehead atoms. The molecule has 7 heteroatoms. The van der Waals surface area contributed by atoms with Crippen molar-refractivity contribution < 1.29 is 29.0 Å². The Hall–Kier alpha value is -2.05. The highest BCUT2D eigenvalue weighted by Gasteiger charge is 2.64. The van der Waals surface area contributed by atoms with E-state index in [1.165, 1.54) is 12.0 Å². The maximum Gasteiger partial charge on any atom is 0.410 e. The van der Waals surface area contributed by atoms with Gasteiger partial charge in [0.15, 0.2) is 0 Å². The first-order chi connectivity index (χ1) is 10.5. The standard InChI is InChI=1S/C16H23NO6/c1-14(2,3)23-13(21)17-9-15(6-5-11(18)19)7-16(8-15,10-17)12(20)22-4/h5-6H,7-10H2,1-4H3,(H,18,19)/b6-5+. The monoisotopic (exact) mass is 325 g/mol. The van der Waals surface area contributed by atoms with Crippen molar-refractivity contribution in [1.29, 1.82) is 0 Å². The molecule has 3 aliphatic rings. The van der Waals surface area contributed by atoms with Crippen LogP contribution in [-0.4, -0.2) is 53.8 Å². The summed E-state index contributed by atoms with van der Waals surface area (Å²) in [5.74, 6) is -1.42. The molecule has 3 rings (SSSR count). The molecule has 0 aromatic carbocycles. The minimum atomic E-state index is -1.05. The van der Waals surface area contributed by atoms with Crippen molar-refractivity contribution in [1.82, 2.24) is 4.90 Å². The number of carbonyl (C=O) groups is 3. The lowest BCUT2D eigenvalue weighted by atomic mass is 9.49. The van der Waals surface area contributed by atoms with Crippen LogP contribution in [0.2, 0.25) is 0 Å². The summed E-state index contributed by atoms with van der Waals surface area (Å²) in [6, 6.07) is 0. The summed E-state index contributed by atoms with van der Waals surface area (Å²) in [5.41, 5.74) is -1.92.